The molecule has 2 fully saturated rings. The number of halogens is 1. The maximum atomic E-state index is 6.03. The van der Waals surface area contributed by atoms with Gasteiger partial charge in [-0.25, -0.2) is 0 Å². The van der Waals surface area contributed by atoms with E-state index in [1.165, 1.54) is 66.6 Å². The van der Waals surface area contributed by atoms with E-state index in [0.717, 1.165) is 24.0 Å². The van der Waals surface area contributed by atoms with E-state index in [1.807, 2.05) is 6.92 Å². The number of aryl methyl sites for hydroxylation is 1. The Hall–Kier alpha value is -2.49. The first-order chi connectivity index (χ1) is 16.3. The van der Waals surface area contributed by atoms with Gasteiger partial charge in [-0.15, -0.1) is 12.4 Å². The molecule has 0 saturated carbocycles. The number of methoxy groups -OCH3 is 1. The lowest BCUT2D eigenvalue weighted by atomic mass is 9.78. The van der Waals surface area contributed by atoms with Gasteiger partial charge >= 0.3 is 0 Å². The van der Waals surface area contributed by atoms with E-state index >= 15 is 0 Å². The molecule has 0 aromatic heterocycles. The van der Waals surface area contributed by atoms with Crippen molar-refractivity contribution >= 4 is 12.4 Å². The molecule has 1 aliphatic carbocycles. The van der Waals surface area contributed by atoms with Gasteiger partial charge in [0.15, 0.2) is 0 Å². The van der Waals surface area contributed by atoms with Gasteiger partial charge in [-0.2, -0.15) is 0 Å². The van der Waals surface area contributed by atoms with Crippen molar-refractivity contribution in [1.82, 2.24) is 4.90 Å². The van der Waals surface area contributed by atoms with Crippen LogP contribution in [0.15, 0.2) is 66.7 Å². The largest absolute Gasteiger partial charge is 0.497 e. The Morgan fingerprint density at radius 2 is 1.65 bits per heavy atom. The van der Waals surface area contributed by atoms with Gasteiger partial charge in [-0.3, -0.25) is 4.90 Å². The van der Waals surface area contributed by atoms with E-state index in [2.05, 4.69) is 71.6 Å². The molecule has 2 saturated heterocycles. The molecule has 0 radical (unpaired) electrons. The van der Waals surface area contributed by atoms with Crippen LogP contribution >= 0.6 is 12.4 Å². The van der Waals surface area contributed by atoms with Gasteiger partial charge in [0, 0.05) is 30.6 Å². The van der Waals surface area contributed by atoms with Crippen LogP contribution in [0.25, 0.3) is 0 Å². The molecule has 2 heterocycles. The first-order valence-electron chi connectivity index (χ1n) is 12.5. The zero-order chi connectivity index (χ0) is 22.6. The Balaban J connectivity index is 0.000000398. The molecule has 3 nitrogen and oxygen atoms in total. The van der Waals surface area contributed by atoms with Crippen LogP contribution in [-0.2, 0) is 12.8 Å². The molecule has 3 aliphatic rings. The third kappa shape index (κ3) is 5.26. The first-order valence-corrected chi connectivity index (χ1v) is 12.5. The molecule has 0 N–H and O–H groups in total. The third-order valence-corrected chi connectivity index (χ3v) is 7.30. The molecule has 3 aromatic rings. The lowest BCUT2D eigenvalue weighted by Gasteiger charge is -2.27. The summed E-state index contributed by atoms with van der Waals surface area (Å²) in [5.41, 5.74) is 6.95. The van der Waals surface area contributed by atoms with Gasteiger partial charge in [0.2, 0.25) is 0 Å². The number of hydrogen-bond donors (Lipinski definition) is 0. The normalized spacial score (nSPS) is 20.2. The summed E-state index contributed by atoms with van der Waals surface area (Å²) in [6.07, 6.45) is 6.40. The fourth-order valence-corrected chi connectivity index (χ4v) is 5.31. The van der Waals surface area contributed by atoms with Crippen LogP contribution in [-0.4, -0.2) is 37.7 Å². The number of ether oxygens (including phenoxy) is 2. The summed E-state index contributed by atoms with van der Waals surface area (Å²) in [5.74, 6) is 2.01. The molecular weight excluding hydrogens is 442 g/mol. The molecule has 3 atom stereocenters. The lowest BCUT2D eigenvalue weighted by molar-refractivity contribution is 0.336. The summed E-state index contributed by atoms with van der Waals surface area (Å²) >= 11 is 0. The fraction of sp³-hybridized carbons (Fsp3) is 0.400. The predicted octanol–water partition coefficient (Wildman–Crippen LogP) is 6.65. The molecule has 0 amide bonds. The van der Waals surface area contributed by atoms with E-state index in [1.54, 1.807) is 7.11 Å². The standard InChI is InChI=1S/C26H28O2.C4H7N.ClH/c1-3-28-25-14-7-6-12-24(25)26(20-15-17-21(27-2)18-16-20)23-13-8-10-19-9-4-5-11-22(19)23;1-2-5-3-4(1)5;/h6-8,10,12-18,26H,3-5,9,11H2,1-2H3;4H,1-3H2;1H. The molecule has 0 spiro atoms. The molecule has 4 heteroatoms. The number of nitrogens with zero attached hydrogens (tertiary/aromatic N) is 1. The number of rotatable bonds is 6. The summed E-state index contributed by atoms with van der Waals surface area (Å²) in [5, 5.41) is 0. The van der Waals surface area contributed by atoms with Gasteiger partial charge in [-0.1, -0.05) is 48.5 Å². The van der Waals surface area contributed by atoms with E-state index < -0.39 is 0 Å². The van der Waals surface area contributed by atoms with E-state index in [9.17, 15) is 0 Å². The smallest absolute Gasteiger partial charge is 0.123 e. The van der Waals surface area contributed by atoms with Crippen LogP contribution in [0.2, 0.25) is 0 Å². The topological polar surface area (TPSA) is 21.5 Å². The minimum absolute atomic E-state index is 0. The second-order valence-electron chi connectivity index (χ2n) is 9.31. The molecule has 3 aromatic carbocycles. The van der Waals surface area contributed by atoms with Crippen molar-refractivity contribution in [2.45, 2.75) is 51.0 Å². The Morgan fingerprint density at radius 3 is 2.29 bits per heavy atom. The molecule has 0 bridgehead atoms. The highest BCUT2D eigenvalue weighted by atomic mass is 35.5. The molecule has 2 aliphatic heterocycles. The summed E-state index contributed by atoms with van der Waals surface area (Å²) in [7, 11) is 1.71. The summed E-state index contributed by atoms with van der Waals surface area (Å²) in [4.78, 5) is 2.47. The maximum absolute atomic E-state index is 6.03. The summed E-state index contributed by atoms with van der Waals surface area (Å²) in [6.45, 7) is 5.52. The maximum Gasteiger partial charge on any atom is 0.123 e. The van der Waals surface area contributed by atoms with Gasteiger partial charge in [-0.05, 0) is 79.5 Å². The van der Waals surface area contributed by atoms with Crippen LogP contribution < -0.4 is 9.47 Å². The monoisotopic (exact) mass is 477 g/mol. The second kappa shape index (κ2) is 11.3. The Bertz CT molecular complexity index is 1070. The Morgan fingerprint density at radius 1 is 0.912 bits per heavy atom. The van der Waals surface area contributed by atoms with E-state index in [4.69, 9.17) is 9.47 Å². The van der Waals surface area contributed by atoms with Gasteiger partial charge in [0.1, 0.15) is 11.5 Å². The number of fused-ring (bicyclic) bond motifs is 2. The van der Waals surface area contributed by atoms with Crippen molar-refractivity contribution in [3.05, 3.63) is 94.5 Å². The van der Waals surface area contributed by atoms with Crippen molar-refractivity contribution in [2.24, 2.45) is 0 Å². The SMILES string of the molecule is C1CN2CC12.CCOc1ccccc1C(c1ccc(OC)cc1)c1cccc2c1CCCC2.Cl. The zero-order valence-corrected chi connectivity index (χ0v) is 21.2. The number of benzene rings is 3. The van der Waals surface area contributed by atoms with Crippen LogP contribution in [0.4, 0.5) is 0 Å². The van der Waals surface area contributed by atoms with Gasteiger partial charge in [0.25, 0.3) is 0 Å². The Kier molecular flexibility index (Phi) is 8.18. The van der Waals surface area contributed by atoms with Crippen molar-refractivity contribution in [3.8, 4) is 11.5 Å². The zero-order valence-electron chi connectivity index (χ0n) is 20.3. The van der Waals surface area contributed by atoms with E-state index in [0.29, 0.717) is 6.61 Å². The van der Waals surface area contributed by atoms with Crippen LogP contribution in [0.3, 0.4) is 0 Å². The molecule has 180 valence electrons. The Labute approximate surface area is 210 Å². The number of para-hydroxylation sites is 1. The van der Waals surface area contributed by atoms with Gasteiger partial charge in [0.05, 0.1) is 13.7 Å². The van der Waals surface area contributed by atoms with Crippen LogP contribution in [0, 0.1) is 0 Å². The first kappa shape index (κ1) is 24.6. The molecule has 34 heavy (non-hydrogen) atoms. The van der Waals surface area contributed by atoms with Gasteiger partial charge < -0.3 is 9.47 Å². The second-order valence-corrected chi connectivity index (χ2v) is 9.31. The minimum Gasteiger partial charge on any atom is -0.497 e. The molecule has 3 unspecified atom stereocenters. The summed E-state index contributed by atoms with van der Waals surface area (Å²) in [6, 6.07) is 24.9. The average Bonchev–Trinajstić information content (AvgIpc) is 3.46. The summed E-state index contributed by atoms with van der Waals surface area (Å²) < 4.78 is 11.4. The fourth-order valence-electron chi connectivity index (χ4n) is 5.31. The van der Waals surface area contributed by atoms with E-state index in [-0.39, 0.29) is 18.3 Å². The quantitative estimate of drug-likeness (QED) is 0.293. The highest BCUT2D eigenvalue weighted by Gasteiger charge is 2.41. The van der Waals surface area contributed by atoms with Crippen molar-refractivity contribution in [2.75, 3.05) is 26.8 Å². The van der Waals surface area contributed by atoms with Crippen LogP contribution in [0.1, 0.15) is 59.9 Å². The molecular formula is C30H36ClNO2. The third-order valence-electron chi connectivity index (χ3n) is 7.30. The number of hydrogen-bond acceptors (Lipinski definition) is 3. The highest BCUT2D eigenvalue weighted by molar-refractivity contribution is 5.85. The lowest BCUT2D eigenvalue weighted by Crippen LogP contribution is -2.16. The minimum atomic E-state index is 0. The predicted molar refractivity (Wildman–Crippen MR) is 142 cm³/mol. The average molecular weight is 478 g/mol. The van der Waals surface area contributed by atoms with Crippen molar-refractivity contribution < 1.29 is 9.47 Å². The van der Waals surface area contributed by atoms with Crippen molar-refractivity contribution in [1.29, 1.82) is 0 Å². The highest BCUT2D eigenvalue weighted by Crippen LogP contribution is 2.41. The van der Waals surface area contributed by atoms with Crippen LogP contribution in [0.5, 0.6) is 11.5 Å². The van der Waals surface area contributed by atoms with Crippen molar-refractivity contribution in [3.63, 3.8) is 0 Å². The molecule has 6 rings (SSSR count).